The van der Waals surface area contributed by atoms with Gasteiger partial charge in [-0.15, -0.1) is 0 Å². The molecule has 11 heavy (non-hydrogen) atoms. The molecule has 6 heteroatoms. The molecule has 0 rings (SSSR count). The molecule has 0 heterocycles. The molecule has 0 spiro atoms. The Balaban J connectivity index is 0. The van der Waals surface area contributed by atoms with Crippen molar-refractivity contribution in [2.75, 3.05) is 19.5 Å². The Kier molecular flexibility index (Phi) is 8.59. The number of hydrogen-bond acceptors (Lipinski definition) is 3. The summed E-state index contributed by atoms with van der Waals surface area (Å²) in [5, 5.41) is 0. The summed E-state index contributed by atoms with van der Waals surface area (Å²) < 4.78 is 37.3. The molecule has 0 saturated heterocycles. The van der Waals surface area contributed by atoms with Crippen molar-refractivity contribution >= 4 is 11.1 Å². The van der Waals surface area contributed by atoms with Crippen LogP contribution in [0.3, 0.4) is 0 Å². The van der Waals surface area contributed by atoms with Crippen LogP contribution in [-0.2, 0) is 15.8 Å². The Morgan fingerprint density at radius 2 is 2.18 bits per heavy atom. The molecule has 0 aromatic heterocycles. The second-order valence-corrected chi connectivity index (χ2v) is 3.19. The van der Waals surface area contributed by atoms with E-state index in [2.05, 4.69) is 4.74 Å². The van der Waals surface area contributed by atoms with E-state index in [0.717, 1.165) is 0 Å². The first-order chi connectivity index (χ1) is 4.48. The van der Waals surface area contributed by atoms with Crippen LogP contribution in [0, 0.1) is 0 Å². The predicted molar refractivity (Wildman–Crippen MR) is 35.2 cm³/mol. The van der Waals surface area contributed by atoms with E-state index < -0.39 is 22.5 Å². The summed E-state index contributed by atoms with van der Waals surface area (Å²) in [4.78, 5) is 0. The first-order valence-corrected chi connectivity index (χ1v) is 3.96. The second-order valence-electron chi connectivity index (χ2n) is 2.29. The smallest absolute Gasteiger partial charge is 0.772 e. The molecule has 0 aliphatic rings. The summed E-state index contributed by atoms with van der Waals surface area (Å²) in [6.07, 6.45) is 0. The van der Waals surface area contributed by atoms with Gasteiger partial charge in [-0.05, 0) is 6.92 Å². The van der Waals surface area contributed by atoms with Gasteiger partial charge in [0.25, 0.3) is 0 Å². The Morgan fingerprint density at radius 3 is 2.45 bits per heavy atom. The number of halogens is 1. The van der Waals surface area contributed by atoms with Crippen LogP contribution in [0.2, 0.25) is 0 Å². The van der Waals surface area contributed by atoms with Gasteiger partial charge in [0, 0.05) is 12.9 Å². The third-order valence-electron chi connectivity index (χ3n) is 0.864. The minimum Gasteiger partial charge on any atom is -0.772 e. The largest absolute Gasteiger partial charge is 1.00 e. The summed E-state index contributed by atoms with van der Waals surface area (Å²) in [5.41, 5.74) is -1.76. The van der Waals surface area contributed by atoms with Gasteiger partial charge in [-0.3, -0.25) is 4.21 Å². The molecule has 0 aromatic carbocycles. The molecule has 2 unspecified atom stereocenters. The van der Waals surface area contributed by atoms with Crippen LogP contribution in [0.1, 0.15) is 6.92 Å². The predicted octanol–water partition coefficient (Wildman–Crippen LogP) is -2.76. The van der Waals surface area contributed by atoms with Crippen molar-refractivity contribution in [2.24, 2.45) is 0 Å². The third kappa shape index (κ3) is 8.91. The van der Waals surface area contributed by atoms with Gasteiger partial charge in [0.15, 0.2) is 0 Å². The molecular formula is C5H10FNaO3S. The molecule has 0 saturated carbocycles. The van der Waals surface area contributed by atoms with Crippen molar-refractivity contribution in [3.05, 3.63) is 0 Å². The molecular weight excluding hydrogens is 182 g/mol. The quantitative estimate of drug-likeness (QED) is 0.358. The fourth-order valence-corrected chi connectivity index (χ4v) is 1.16. The fraction of sp³-hybridized carbons (Fsp3) is 1.00. The zero-order chi connectivity index (χ0) is 8.20. The van der Waals surface area contributed by atoms with Crippen molar-refractivity contribution in [1.29, 1.82) is 0 Å². The molecule has 0 amide bonds. The first-order valence-electron chi connectivity index (χ1n) is 2.72. The second kappa shape index (κ2) is 6.51. The number of methoxy groups -OCH3 is 1. The molecule has 0 fully saturated rings. The normalized spacial score (nSPS) is 18.2. The van der Waals surface area contributed by atoms with E-state index in [9.17, 15) is 13.2 Å². The van der Waals surface area contributed by atoms with Gasteiger partial charge in [-0.2, -0.15) is 0 Å². The molecule has 0 radical (unpaired) electrons. The standard InChI is InChI=1S/C5H11FO3S.Na/c1-5(6,3-9-2)4-10(7)8;/h3-4H2,1-2H3,(H,7,8);/q;+1/p-1. The van der Waals surface area contributed by atoms with Gasteiger partial charge in [-0.1, -0.05) is 11.1 Å². The topological polar surface area (TPSA) is 49.4 Å². The summed E-state index contributed by atoms with van der Waals surface area (Å²) in [6.45, 7) is 0.993. The number of alkyl halides is 1. The van der Waals surface area contributed by atoms with Gasteiger partial charge < -0.3 is 9.29 Å². The minimum atomic E-state index is -2.34. The summed E-state index contributed by atoms with van der Waals surface area (Å²) in [6, 6.07) is 0. The zero-order valence-corrected chi connectivity index (χ0v) is 9.74. The average molecular weight is 192 g/mol. The van der Waals surface area contributed by atoms with E-state index in [-0.39, 0.29) is 36.2 Å². The van der Waals surface area contributed by atoms with Gasteiger partial charge in [0.05, 0.1) is 6.61 Å². The van der Waals surface area contributed by atoms with E-state index >= 15 is 0 Å². The minimum absolute atomic E-state index is 0. The van der Waals surface area contributed by atoms with Gasteiger partial charge >= 0.3 is 29.6 Å². The van der Waals surface area contributed by atoms with E-state index in [1.807, 2.05) is 0 Å². The summed E-state index contributed by atoms with van der Waals surface area (Å²) in [5.74, 6) is -0.513. The maximum absolute atomic E-state index is 12.8. The van der Waals surface area contributed by atoms with E-state index in [1.54, 1.807) is 0 Å². The Hall–Kier alpha value is 1.00. The van der Waals surface area contributed by atoms with Gasteiger partial charge in [0.1, 0.15) is 5.67 Å². The SMILES string of the molecule is COCC(C)(F)CS(=O)[O-].[Na+]. The van der Waals surface area contributed by atoms with Crippen LogP contribution in [0.25, 0.3) is 0 Å². The fourth-order valence-electron chi connectivity index (χ4n) is 0.588. The zero-order valence-electron chi connectivity index (χ0n) is 6.93. The van der Waals surface area contributed by atoms with Gasteiger partial charge in [0.2, 0.25) is 0 Å². The third-order valence-corrected chi connectivity index (χ3v) is 1.70. The Labute approximate surface area is 90.3 Å². The average Bonchev–Trinajstić information content (AvgIpc) is 1.59. The van der Waals surface area contributed by atoms with Crippen LogP contribution in [0.15, 0.2) is 0 Å². The first kappa shape index (κ1) is 14.5. The molecule has 0 aliphatic carbocycles. The van der Waals surface area contributed by atoms with Crippen LogP contribution >= 0.6 is 0 Å². The van der Waals surface area contributed by atoms with Crippen molar-refractivity contribution in [2.45, 2.75) is 12.6 Å². The maximum Gasteiger partial charge on any atom is 1.00 e. The molecule has 0 aromatic rings. The van der Waals surface area contributed by atoms with Crippen molar-refractivity contribution in [1.82, 2.24) is 0 Å². The van der Waals surface area contributed by atoms with E-state index in [4.69, 9.17) is 0 Å². The monoisotopic (exact) mass is 192 g/mol. The van der Waals surface area contributed by atoms with E-state index in [1.165, 1.54) is 14.0 Å². The molecule has 3 nitrogen and oxygen atoms in total. The van der Waals surface area contributed by atoms with Crippen molar-refractivity contribution in [3.8, 4) is 0 Å². The van der Waals surface area contributed by atoms with Crippen LogP contribution in [0.5, 0.6) is 0 Å². The molecule has 62 valence electrons. The van der Waals surface area contributed by atoms with Crippen molar-refractivity contribution < 1.29 is 47.4 Å². The van der Waals surface area contributed by atoms with Crippen LogP contribution in [0.4, 0.5) is 4.39 Å². The van der Waals surface area contributed by atoms with Gasteiger partial charge in [-0.25, -0.2) is 4.39 Å². The maximum atomic E-state index is 12.8. The number of hydrogen-bond donors (Lipinski definition) is 0. The van der Waals surface area contributed by atoms with Crippen LogP contribution in [-0.4, -0.2) is 33.9 Å². The Morgan fingerprint density at radius 1 is 1.73 bits per heavy atom. The molecule has 0 aliphatic heterocycles. The molecule has 0 N–H and O–H groups in total. The Bertz CT molecular complexity index is 131. The van der Waals surface area contributed by atoms with Crippen LogP contribution < -0.4 is 29.6 Å². The molecule has 0 bridgehead atoms. The number of ether oxygens (including phenoxy) is 1. The summed E-state index contributed by atoms with van der Waals surface area (Å²) in [7, 11) is 1.32. The van der Waals surface area contributed by atoms with Crippen molar-refractivity contribution in [3.63, 3.8) is 0 Å². The number of rotatable bonds is 4. The van der Waals surface area contributed by atoms with E-state index in [0.29, 0.717) is 0 Å². The summed E-state index contributed by atoms with van der Waals surface area (Å²) >= 11 is -2.34. The molecule has 2 atom stereocenters.